The molecule has 2 rings (SSSR count). The third kappa shape index (κ3) is 1.34. The van der Waals surface area contributed by atoms with Crippen LogP contribution in [-0.4, -0.2) is 11.5 Å². The summed E-state index contributed by atoms with van der Waals surface area (Å²) < 4.78 is 2.26. The van der Waals surface area contributed by atoms with Crippen LogP contribution in [0.4, 0.5) is 5.69 Å². The highest BCUT2D eigenvalue weighted by molar-refractivity contribution is 14.1. The molecule has 0 bridgehead atoms. The third-order valence-electron chi connectivity index (χ3n) is 1.94. The number of pyridine rings is 1. The average Bonchev–Trinajstić information content (AvgIpc) is 2.06. The van der Waals surface area contributed by atoms with Crippen molar-refractivity contribution in [2.24, 2.45) is 0 Å². The first-order chi connectivity index (χ1) is 5.38. The molecule has 0 fully saturated rings. The lowest BCUT2D eigenvalue weighted by Crippen LogP contribution is -2.18. The Morgan fingerprint density at radius 2 is 2.45 bits per heavy atom. The zero-order valence-corrected chi connectivity index (χ0v) is 8.28. The molecule has 0 N–H and O–H groups in total. The van der Waals surface area contributed by atoms with Gasteiger partial charge in [0.15, 0.2) is 0 Å². The number of fused-ring (bicyclic) bond motifs is 1. The standard InChI is InChI=1S/C8H9IN2/c9-11-5-1-2-7-6-10-4-3-8(7)11/h3-4,6H,1-2,5H2. The lowest BCUT2D eigenvalue weighted by Gasteiger charge is -2.24. The SMILES string of the molecule is IN1CCCc2cnccc21. The number of nitrogens with zero attached hydrogens (tertiary/aromatic N) is 2. The number of rotatable bonds is 0. The Hall–Kier alpha value is -0.320. The van der Waals surface area contributed by atoms with Gasteiger partial charge in [-0.1, -0.05) is 0 Å². The molecule has 0 spiro atoms. The van der Waals surface area contributed by atoms with Crippen molar-refractivity contribution in [3.8, 4) is 0 Å². The van der Waals surface area contributed by atoms with E-state index < -0.39 is 0 Å². The van der Waals surface area contributed by atoms with E-state index in [0.29, 0.717) is 0 Å². The second-order valence-corrected chi connectivity index (χ2v) is 3.86. The lowest BCUT2D eigenvalue weighted by atomic mass is 10.1. The topological polar surface area (TPSA) is 16.1 Å². The quantitative estimate of drug-likeness (QED) is 0.525. The summed E-state index contributed by atoms with van der Waals surface area (Å²) in [6.45, 7) is 1.16. The van der Waals surface area contributed by atoms with Crippen LogP contribution in [-0.2, 0) is 6.42 Å². The molecular formula is C8H9IN2. The largest absolute Gasteiger partial charge is 0.314 e. The van der Waals surface area contributed by atoms with Crippen LogP contribution < -0.4 is 3.11 Å². The van der Waals surface area contributed by atoms with Crippen molar-refractivity contribution in [2.45, 2.75) is 12.8 Å². The van der Waals surface area contributed by atoms with Gasteiger partial charge >= 0.3 is 0 Å². The normalized spacial score (nSPS) is 16.3. The monoisotopic (exact) mass is 260 g/mol. The van der Waals surface area contributed by atoms with Gasteiger partial charge in [-0.2, -0.15) is 0 Å². The molecule has 1 aliphatic rings. The van der Waals surface area contributed by atoms with E-state index in [9.17, 15) is 0 Å². The van der Waals surface area contributed by atoms with Crippen LogP contribution in [0.5, 0.6) is 0 Å². The van der Waals surface area contributed by atoms with Gasteiger partial charge in [-0.25, -0.2) is 0 Å². The minimum Gasteiger partial charge on any atom is -0.314 e. The van der Waals surface area contributed by atoms with Crippen molar-refractivity contribution in [2.75, 3.05) is 9.66 Å². The summed E-state index contributed by atoms with van der Waals surface area (Å²) in [5.74, 6) is 0. The smallest absolute Gasteiger partial charge is 0.0591 e. The molecule has 0 saturated carbocycles. The molecule has 1 aromatic rings. The molecule has 0 aliphatic carbocycles. The van der Waals surface area contributed by atoms with Crippen LogP contribution in [0.3, 0.4) is 0 Å². The fraction of sp³-hybridized carbons (Fsp3) is 0.375. The van der Waals surface area contributed by atoms with Crippen molar-refractivity contribution in [3.05, 3.63) is 24.0 Å². The van der Waals surface area contributed by atoms with Gasteiger partial charge in [0.2, 0.25) is 0 Å². The lowest BCUT2D eigenvalue weighted by molar-refractivity contribution is 0.800. The first-order valence-corrected chi connectivity index (χ1v) is 4.70. The van der Waals surface area contributed by atoms with Crippen LogP contribution in [0.25, 0.3) is 0 Å². The van der Waals surface area contributed by atoms with Crippen molar-refractivity contribution < 1.29 is 0 Å². The highest BCUT2D eigenvalue weighted by Gasteiger charge is 2.13. The molecule has 0 saturated heterocycles. The van der Waals surface area contributed by atoms with Crippen LogP contribution >= 0.6 is 22.9 Å². The molecule has 0 atom stereocenters. The summed E-state index contributed by atoms with van der Waals surface area (Å²) in [6, 6.07) is 2.08. The Morgan fingerprint density at radius 1 is 1.55 bits per heavy atom. The van der Waals surface area contributed by atoms with Crippen molar-refractivity contribution in [1.82, 2.24) is 4.98 Å². The molecule has 58 valence electrons. The van der Waals surface area contributed by atoms with E-state index in [-0.39, 0.29) is 0 Å². The molecule has 0 unspecified atom stereocenters. The predicted octanol–water partition coefficient (Wildman–Crippen LogP) is 2.18. The molecule has 2 nitrogen and oxygen atoms in total. The molecule has 2 heterocycles. The van der Waals surface area contributed by atoms with Gasteiger partial charge in [0.25, 0.3) is 0 Å². The summed E-state index contributed by atoms with van der Waals surface area (Å²) in [5.41, 5.74) is 2.72. The average molecular weight is 260 g/mol. The second kappa shape index (κ2) is 2.97. The highest BCUT2D eigenvalue weighted by atomic mass is 127. The Kier molecular flexibility index (Phi) is 1.98. The van der Waals surface area contributed by atoms with Crippen LogP contribution in [0.2, 0.25) is 0 Å². The molecule has 1 aromatic heterocycles. The zero-order chi connectivity index (χ0) is 7.68. The number of halogens is 1. The van der Waals surface area contributed by atoms with Gasteiger partial charge in [0, 0.05) is 18.9 Å². The number of hydrogen-bond donors (Lipinski definition) is 0. The van der Waals surface area contributed by atoms with Crippen molar-refractivity contribution in [1.29, 1.82) is 0 Å². The third-order valence-corrected chi connectivity index (χ3v) is 2.94. The van der Waals surface area contributed by atoms with Gasteiger partial charge in [0.05, 0.1) is 28.6 Å². The minimum absolute atomic E-state index is 1.16. The van der Waals surface area contributed by atoms with Gasteiger partial charge in [-0.15, -0.1) is 0 Å². The molecule has 1 aliphatic heterocycles. The maximum Gasteiger partial charge on any atom is 0.0591 e. The molecule has 3 heteroatoms. The van der Waals surface area contributed by atoms with Crippen LogP contribution in [0.15, 0.2) is 18.5 Å². The van der Waals surface area contributed by atoms with Gasteiger partial charge in [0.1, 0.15) is 0 Å². The Balaban J connectivity index is 2.44. The van der Waals surface area contributed by atoms with Gasteiger partial charge < -0.3 is 3.11 Å². The number of anilines is 1. The van der Waals surface area contributed by atoms with Gasteiger partial charge in [-0.05, 0) is 24.5 Å². The molecule has 0 radical (unpaired) electrons. The maximum absolute atomic E-state index is 4.10. The Morgan fingerprint density at radius 3 is 3.27 bits per heavy atom. The fourth-order valence-electron chi connectivity index (χ4n) is 1.38. The molecule has 11 heavy (non-hydrogen) atoms. The minimum atomic E-state index is 1.16. The van der Waals surface area contributed by atoms with Crippen molar-refractivity contribution in [3.63, 3.8) is 0 Å². The van der Waals surface area contributed by atoms with E-state index in [1.54, 1.807) is 0 Å². The second-order valence-electron chi connectivity index (χ2n) is 2.69. The fourth-order valence-corrected chi connectivity index (χ4v) is 2.19. The highest BCUT2D eigenvalue weighted by Crippen LogP contribution is 2.27. The van der Waals surface area contributed by atoms with E-state index >= 15 is 0 Å². The van der Waals surface area contributed by atoms with Gasteiger partial charge in [-0.3, -0.25) is 4.98 Å². The van der Waals surface area contributed by atoms with Crippen LogP contribution in [0, 0.1) is 0 Å². The summed E-state index contributed by atoms with van der Waals surface area (Å²) in [4.78, 5) is 4.10. The Bertz CT molecular complexity index is 262. The van der Waals surface area contributed by atoms with E-state index in [1.807, 2.05) is 12.4 Å². The maximum atomic E-state index is 4.10. The number of aryl methyl sites for hydroxylation is 1. The van der Waals surface area contributed by atoms with E-state index in [2.05, 4.69) is 37.0 Å². The van der Waals surface area contributed by atoms with Crippen LogP contribution in [0.1, 0.15) is 12.0 Å². The summed E-state index contributed by atoms with van der Waals surface area (Å²) >= 11 is 2.35. The summed E-state index contributed by atoms with van der Waals surface area (Å²) in [6.07, 6.45) is 6.26. The van der Waals surface area contributed by atoms with E-state index in [1.165, 1.54) is 24.1 Å². The summed E-state index contributed by atoms with van der Waals surface area (Å²) in [5, 5.41) is 0. The molecule has 0 amide bonds. The first kappa shape index (κ1) is 7.34. The molecular weight excluding hydrogens is 251 g/mol. The zero-order valence-electron chi connectivity index (χ0n) is 6.13. The predicted molar refractivity (Wildman–Crippen MR) is 53.9 cm³/mol. The number of aromatic nitrogens is 1. The number of hydrogen-bond acceptors (Lipinski definition) is 2. The Labute approximate surface area is 80.1 Å². The van der Waals surface area contributed by atoms with E-state index in [4.69, 9.17) is 0 Å². The molecule has 0 aromatic carbocycles. The summed E-state index contributed by atoms with van der Waals surface area (Å²) in [7, 11) is 0. The van der Waals surface area contributed by atoms with E-state index in [0.717, 1.165) is 6.54 Å². The first-order valence-electron chi connectivity index (χ1n) is 3.74. The van der Waals surface area contributed by atoms with Crippen molar-refractivity contribution >= 4 is 28.6 Å².